The van der Waals surface area contributed by atoms with Crippen LogP contribution >= 0.6 is 12.2 Å². The molecule has 7 heteroatoms. The molecule has 2 saturated heterocycles. The molecule has 0 saturated carbocycles. The van der Waals surface area contributed by atoms with E-state index >= 15 is 0 Å². The highest BCUT2D eigenvalue weighted by molar-refractivity contribution is 7.80. The number of thiocarbonyl (C=S) groups is 1. The highest BCUT2D eigenvalue weighted by atomic mass is 32.1. The summed E-state index contributed by atoms with van der Waals surface area (Å²) < 4.78 is 7.62. The second-order valence-electron chi connectivity index (χ2n) is 6.86. The Morgan fingerprint density at radius 1 is 1.29 bits per heavy atom. The van der Waals surface area contributed by atoms with Gasteiger partial charge >= 0.3 is 0 Å². The molecular weight excluding hydrogens is 322 g/mol. The van der Waals surface area contributed by atoms with Gasteiger partial charge in [0.25, 0.3) is 0 Å². The van der Waals surface area contributed by atoms with E-state index < -0.39 is 0 Å². The predicted octanol–water partition coefficient (Wildman–Crippen LogP) is 1.21. The Labute approximate surface area is 150 Å². The number of ether oxygens (including phenoxy) is 1. The molecule has 2 aliphatic rings. The van der Waals surface area contributed by atoms with Crippen LogP contribution in [0.5, 0.6) is 0 Å². The summed E-state index contributed by atoms with van der Waals surface area (Å²) in [4.78, 5) is 4.78. The SMILES string of the molecule is Cc1nn(C)c(C)c1CN1CCN(C(=S)NC[C@@H]2CCCO2)CC1. The molecule has 0 spiro atoms. The van der Waals surface area contributed by atoms with Crippen molar-refractivity contribution in [2.24, 2.45) is 7.05 Å². The first-order valence-corrected chi connectivity index (χ1v) is 9.31. The van der Waals surface area contributed by atoms with E-state index in [0.29, 0.717) is 6.10 Å². The van der Waals surface area contributed by atoms with Gasteiger partial charge in [-0.1, -0.05) is 0 Å². The Morgan fingerprint density at radius 3 is 2.62 bits per heavy atom. The van der Waals surface area contributed by atoms with Gasteiger partial charge in [0.1, 0.15) is 0 Å². The molecule has 1 N–H and O–H groups in total. The lowest BCUT2D eigenvalue weighted by Gasteiger charge is -2.36. The van der Waals surface area contributed by atoms with Gasteiger partial charge in [-0.2, -0.15) is 5.10 Å². The number of aryl methyl sites for hydroxylation is 2. The van der Waals surface area contributed by atoms with Gasteiger partial charge < -0.3 is 15.0 Å². The third-order valence-corrected chi connectivity index (χ3v) is 5.61. The van der Waals surface area contributed by atoms with E-state index in [2.05, 4.69) is 34.1 Å². The molecule has 1 aromatic rings. The Morgan fingerprint density at radius 2 is 2.04 bits per heavy atom. The fourth-order valence-electron chi connectivity index (χ4n) is 3.50. The topological polar surface area (TPSA) is 45.6 Å². The van der Waals surface area contributed by atoms with Gasteiger partial charge in [0, 0.05) is 64.2 Å². The average Bonchev–Trinajstić information content (AvgIpc) is 3.18. The van der Waals surface area contributed by atoms with Gasteiger partial charge in [0.05, 0.1) is 11.8 Å². The summed E-state index contributed by atoms with van der Waals surface area (Å²) in [6.45, 7) is 11.0. The summed E-state index contributed by atoms with van der Waals surface area (Å²) in [5.74, 6) is 0. The maximum atomic E-state index is 5.64. The number of piperazine rings is 1. The van der Waals surface area contributed by atoms with Crippen LogP contribution in [0.25, 0.3) is 0 Å². The van der Waals surface area contributed by atoms with Crippen molar-refractivity contribution in [1.82, 2.24) is 24.9 Å². The number of hydrogen-bond acceptors (Lipinski definition) is 4. The molecule has 3 rings (SSSR count). The summed E-state index contributed by atoms with van der Waals surface area (Å²) in [5, 5.41) is 8.77. The standard InChI is InChI=1S/C17H29N5OS/c1-13-16(14(2)20(3)19-13)12-21-6-8-22(9-7-21)17(24)18-11-15-5-4-10-23-15/h15H,4-12H2,1-3H3,(H,18,24)/t15-/m0/s1. The first kappa shape index (κ1) is 17.6. The minimum Gasteiger partial charge on any atom is -0.376 e. The van der Waals surface area contributed by atoms with Gasteiger partial charge in [-0.3, -0.25) is 9.58 Å². The van der Waals surface area contributed by atoms with Crippen molar-refractivity contribution < 1.29 is 4.74 Å². The van der Waals surface area contributed by atoms with Gasteiger partial charge in [-0.05, 0) is 38.9 Å². The van der Waals surface area contributed by atoms with Crippen molar-refractivity contribution in [3.8, 4) is 0 Å². The lowest BCUT2D eigenvalue weighted by Crippen LogP contribution is -2.52. The smallest absolute Gasteiger partial charge is 0.169 e. The first-order valence-electron chi connectivity index (χ1n) is 8.90. The zero-order chi connectivity index (χ0) is 17.1. The molecule has 24 heavy (non-hydrogen) atoms. The summed E-state index contributed by atoms with van der Waals surface area (Å²) in [6, 6.07) is 0. The fraction of sp³-hybridized carbons (Fsp3) is 0.765. The highest BCUT2D eigenvalue weighted by Gasteiger charge is 2.22. The molecule has 2 aliphatic heterocycles. The Kier molecular flexibility index (Phi) is 5.73. The summed E-state index contributed by atoms with van der Waals surface area (Å²) in [6.07, 6.45) is 2.65. The molecule has 0 bridgehead atoms. The molecule has 6 nitrogen and oxygen atoms in total. The maximum Gasteiger partial charge on any atom is 0.169 e. The summed E-state index contributed by atoms with van der Waals surface area (Å²) in [7, 11) is 2.02. The van der Waals surface area contributed by atoms with Crippen LogP contribution in [0.15, 0.2) is 0 Å². The minimum atomic E-state index is 0.334. The zero-order valence-corrected chi connectivity index (χ0v) is 15.9. The van der Waals surface area contributed by atoms with Crippen molar-refractivity contribution in [2.75, 3.05) is 39.3 Å². The van der Waals surface area contributed by atoms with E-state index in [1.165, 1.54) is 17.7 Å². The van der Waals surface area contributed by atoms with E-state index in [9.17, 15) is 0 Å². The van der Waals surface area contributed by atoms with Crippen LogP contribution in [-0.4, -0.2) is 70.1 Å². The van der Waals surface area contributed by atoms with E-state index in [1.54, 1.807) is 0 Å². The van der Waals surface area contributed by atoms with Crippen molar-refractivity contribution in [2.45, 2.75) is 39.3 Å². The molecule has 1 aromatic heterocycles. The molecule has 0 aliphatic carbocycles. The molecule has 3 heterocycles. The molecule has 0 unspecified atom stereocenters. The highest BCUT2D eigenvalue weighted by Crippen LogP contribution is 2.16. The van der Waals surface area contributed by atoms with Crippen LogP contribution in [0, 0.1) is 13.8 Å². The molecule has 134 valence electrons. The monoisotopic (exact) mass is 351 g/mol. The third-order valence-electron chi connectivity index (χ3n) is 5.21. The molecule has 0 aromatic carbocycles. The second-order valence-corrected chi connectivity index (χ2v) is 7.24. The van der Waals surface area contributed by atoms with E-state index in [-0.39, 0.29) is 0 Å². The maximum absolute atomic E-state index is 5.64. The number of hydrogen-bond donors (Lipinski definition) is 1. The normalized spacial score (nSPS) is 22.1. The lowest BCUT2D eigenvalue weighted by molar-refractivity contribution is 0.112. The van der Waals surface area contributed by atoms with Crippen molar-refractivity contribution >= 4 is 17.3 Å². The van der Waals surface area contributed by atoms with Gasteiger partial charge in [-0.25, -0.2) is 0 Å². The number of nitrogens with zero attached hydrogens (tertiary/aromatic N) is 4. The van der Waals surface area contributed by atoms with Crippen LogP contribution < -0.4 is 5.32 Å². The van der Waals surface area contributed by atoms with Crippen LogP contribution in [-0.2, 0) is 18.3 Å². The van der Waals surface area contributed by atoms with E-state index in [1.807, 2.05) is 11.7 Å². The predicted molar refractivity (Wildman–Crippen MR) is 99.1 cm³/mol. The Hall–Kier alpha value is -1.18. The quantitative estimate of drug-likeness (QED) is 0.823. The number of rotatable bonds is 4. The molecule has 0 amide bonds. The number of aromatic nitrogens is 2. The van der Waals surface area contributed by atoms with Crippen LogP contribution in [0.4, 0.5) is 0 Å². The van der Waals surface area contributed by atoms with Crippen molar-refractivity contribution in [3.05, 3.63) is 17.0 Å². The Balaban J connectivity index is 1.44. The zero-order valence-electron chi connectivity index (χ0n) is 15.0. The lowest BCUT2D eigenvalue weighted by atomic mass is 10.1. The van der Waals surface area contributed by atoms with Gasteiger partial charge in [-0.15, -0.1) is 0 Å². The van der Waals surface area contributed by atoms with Gasteiger partial charge in [0.15, 0.2) is 5.11 Å². The molecular formula is C17H29N5OS. The van der Waals surface area contributed by atoms with E-state index in [4.69, 9.17) is 17.0 Å². The van der Waals surface area contributed by atoms with Crippen LogP contribution in [0.2, 0.25) is 0 Å². The van der Waals surface area contributed by atoms with Crippen LogP contribution in [0.1, 0.15) is 29.8 Å². The average molecular weight is 352 g/mol. The minimum absolute atomic E-state index is 0.334. The fourth-order valence-corrected chi connectivity index (χ4v) is 3.76. The van der Waals surface area contributed by atoms with E-state index in [0.717, 1.165) is 63.1 Å². The van der Waals surface area contributed by atoms with Gasteiger partial charge in [0.2, 0.25) is 0 Å². The third kappa shape index (κ3) is 4.07. The summed E-state index contributed by atoms with van der Waals surface area (Å²) in [5.41, 5.74) is 3.78. The Bertz CT molecular complexity index is 574. The number of nitrogens with one attached hydrogen (secondary N) is 1. The molecule has 0 radical (unpaired) electrons. The molecule has 1 atom stereocenters. The first-order chi connectivity index (χ1) is 11.5. The largest absolute Gasteiger partial charge is 0.376 e. The summed E-state index contributed by atoms with van der Waals surface area (Å²) >= 11 is 5.55. The second kappa shape index (κ2) is 7.80. The van der Waals surface area contributed by atoms with Crippen molar-refractivity contribution in [3.63, 3.8) is 0 Å². The van der Waals surface area contributed by atoms with Crippen molar-refractivity contribution in [1.29, 1.82) is 0 Å². The molecule has 2 fully saturated rings. The van der Waals surface area contributed by atoms with Crippen LogP contribution in [0.3, 0.4) is 0 Å².